The van der Waals surface area contributed by atoms with Crippen LogP contribution in [0.3, 0.4) is 0 Å². The molecule has 0 aliphatic rings. The molecule has 1 N–H and O–H groups in total. The van der Waals surface area contributed by atoms with E-state index in [0.717, 1.165) is 11.1 Å². The highest BCUT2D eigenvalue weighted by molar-refractivity contribution is 6.31. The minimum absolute atomic E-state index is 0.213. The Labute approximate surface area is 166 Å². The molecule has 0 spiro atoms. The van der Waals surface area contributed by atoms with Gasteiger partial charge in [0, 0.05) is 16.9 Å². The van der Waals surface area contributed by atoms with Crippen molar-refractivity contribution in [1.82, 2.24) is 24.5 Å². The summed E-state index contributed by atoms with van der Waals surface area (Å²) in [5, 5.41) is 11.9. The number of halogens is 1. The Kier molecular flexibility index (Phi) is 5.16. The number of carbonyl (C=O) groups excluding carboxylic acids is 1. The van der Waals surface area contributed by atoms with Crippen molar-refractivity contribution in [1.29, 1.82) is 0 Å². The smallest absolute Gasteiger partial charge is 0.258 e. The summed E-state index contributed by atoms with van der Waals surface area (Å²) < 4.78 is 3.43. The molecule has 0 saturated carbocycles. The van der Waals surface area contributed by atoms with Gasteiger partial charge in [0.25, 0.3) is 5.91 Å². The van der Waals surface area contributed by atoms with Crippen LogP contribution in [0.4, 0.5) is 5.69 Å². The fraction of sp³-hybridized carbons (Fsp3) is 0.100. The van der Waals surface area contributed by atoms with Gasteiger partial charge in [0.15, 0.2) is 0 Å². The van der Waals surface area contributed by atoms with Crippen molar-refractivity contribution >= 4 is 23.2 Å². The molecule has 0 aliphatic carbocycles. The Morgan fingerprint density at radius 2 is 1.82 bits per heavy atom. The third-order valence-corrected chi connectivity index (χ3v) is 4.58. The predicted molar refractivity (Wildman–Crippen MR) is 106 cm³/mol. The molecule has 4 aromatic rings. The maximum absolute atomic E-state index is 12.5. The number of benzene rings is 2. The fourth-order valence-corrected chi connectivity index (χ4v) is 2.96. The molecule has 2 heterocycles. The van der Waals surface area contributed by atoms with Crippen LogP contribution < -0.4 is 5.32 Å². The van der Waals surface area contributed by atoms with E-state index in [9.17, 15) is 4.79 Å². The molecule has 0 aliphatic heterocycles. The number of anilines is 1. The quantitative estimate of drug-likeness (QED) is 0.545. The molecule has 1 amide bonds. The summed E-state index contributed by atoms with van der Waals surface area (Å²) in [6.07, 6.45) is 6.42. The highest BCUT2D eigenvalue weighted by Crippen LogP contribution is 2.16. The summed E-state index contributed by atoms with van der Waals surface area (Å²) in [5.74, 6) is -0.213. The highest BCUT2D eigenvalue weighted by atomic mass is 35.5. The minimum Gasteiger partial charge on any atom is -0.322 e. The van der Waals surface area contributed by atoms with Crippen molar-refractivity contribution in [3.05, 3.63) is 95.3 Å². The number of hydrogen-bond acceptors (Lipinski definition) is 4. The van der Waals surface area contributed by atoms with Crippen molar-refractivity contribution in [2.24, 2.45) is 0 Å². The van der Waals surface area contributed by atoms with Gasteiger partial charge in [-0.3, -0.25) is 9.48 Å². The van der Waals surface area contributed by atoms with E-state index < -0.39 is 0 Å². The molecule has 0 unspecified atom stereocenters. The van der Waals surface area contributed by atoms with Crippen molar-refractivity contribution < 1.29 is 4.79 Å². The lowest BCUT2D eigenvalue weighted by Gasteiger charge is -2.06. The van der Waals surface area contributed by atoms with Gasteiger partial charge in [-0.15, -0.1) is 0 Å². The highest BCUT2D eigenvalue weighted by Gasteiger charge is 2.10. The molecule has 0 saturated heterocycles. The molecule has 0 atom stereocenters. The molecule has 8 heteroatoms. The lowest BCUT2D eigenvalue weighted by Crippen LogP contribution is -2.11. The summed E-state index contributed by atoms with van der Waals surface area (Å²) in [6, 6.07) is 15.2. The summed E-state index contributed by atoms with van der Waals surface area (Å²) in [5.41, 5.74) is 3.21. The van der Waals surface area contributed by atoms with Gasteiger partial charge in [-0.1, -0.05) is 41.9 Å². The second-order valence-corrected chi connectivity index (χ2v) is 6.67. The van der Waals surface area contributed by atoms with Crippen molar-refractivity contribution in [3.63, 3.8) is 0 Å². The van der Waals surface area contributed by atoms with Crippen LogP contribution in [-0.4, -0.2) is 30.5 Å². The maximum Gasteiger partial charge on any atom is 0.258 e. The van der Waals surface area contributed by atoms with Crippen LogP contribution in [0.1, 0.15) is 21.5 Å². The standard InChI is InChI=1S/C20H17ClN6O/c21-19-4-2-1-3-16(19)11-26-12-17(9-23-26)20(28)25-18-7-5-15(6-8-18)10-27-14-22-13-24-27/h1-9,12-14H,10-11H2,(H,25,28). The van der Waals surface area contributed by atoms with Gasteiger partial charge in [-0.2, -0.15) is 10.2 Å². The zero-order valence-electron chi connectivity index (χ0n) is 14.9. The van der Waals surface area contributed by atoms with E-state index in [1.165, 1.54) is 6.33 Å². The second kappa shape index (κ2) is 8.06. The van der Waals surface area contributed by atoms with Crippen molar-refractivity contribution in [3.8, 4) is 0 Å². The van der Waals surface area contributed by atoms with Gasteiger partial charge in [0.1, 0.15) is 12.7 Å². The molecular weight excluding hydrogens is 376 g/mol. The first-order valence-corrected chi connectivity index (χ1v) is 9.04. The van der Waals surface area contributed by atoms with Crippen molar-refractivity contribution in [2.45, 2.75) is 13.1 Å². The van der Waals surface area contributed by atoms with Crippen LogP contribution >= 0.6 is 11.6 Å². The Balaban J connectivity index is 1.38. The molecule has 0 bridgehead atoms. The van der Waals surface area contributed by atoms with Crippen LogP contribution in [0.15, 0.2) is 73.6 Å². The topological polar surface area (TPSA) is 77.6 Å². The Bertz CT molecular complexity index is 1070. The Morgan fingerprint density at radius 3 is 2.57 bits per heavy atom. The van der Waals surface area contributed by atoms with Gasteiger partial charge in [-0.25, -0.2) is 9.67 Å². The zero-order chi connectivity index (χ0) is 19.3. The molecule has 0 fully saturated rings. The lowest BCUT2D eigenvalue weighted by molar-refractivity contribution is 0.102. The second-order valence-electron chi connectivity index (χ2n) is 6.26. The van der Waals surface area contributed by atoms with Crippen LogP contribution in [0.25, 0.3) is 0 Å². The largest absolute Gasteiger partial charge is 0.322 e. The van der Waals surface area contributed by atoms with Gasteiger partial charge < -0.3 is 5.32 Å². The summed E-state index contributed by atoms with van der Waals surface area (Å²) in [6.45, 7) is 1.13. The van der Waals surface area contributed by atoms with Gasteiger partial charge in [0.2, 0.25) is 0 Å². The lowest BCUT2D eigenvalue weighted by atomic mass is 10.2. The number of nitrogens with zero attached hydrogens (tertiary/aromatic N) is 5. The molecule has 7 nitrogen and oxygen atoms in total. The van der Waals surface area contributed by atoms with Crippen LogP contribution in [0, 0.1) is 0 Å². The average molecular weight is 393 g/mol. The van der Waals surface area contributed by atoms with E-state index in [2.05, 4.69) is 20.5 Å². The third kappa shape index (κ3) is 4.27. The summed E-state index contributed by atoms with van der Waals surface area (Å²) >= 11 is 6.18. The summed E-state index contributed by atoms with van der Waals surface area (Å²) in [4.78, 5) is 16.4. The normalized spacial score (nSPS) is 10.8. The first-order chi connectivity index (χ1) is 13.7. The maximum atomic E-state index is 12.5. The van der Waals surface area contributed by atoms with Crippen LogP contribution in [-0.2, 0) is 13.1 Å². The number of nitrogens with one attached hydrogen (secondary N) is 1. The Hall–Kier alpha value is -3.45. The minimum atomic E-state index is -0.213. The van der Waals surface area contributed by atoms with E-state index in [-0.39, 0.29) is 5.91 Å². The number of aromatic nitrogens is 5. The predicted octanol–water partition coefficient (Wildman–Crippen LogP) is 3.48. The van der Waals surface area contributed by atoms with E-state index in [1.807, 2.05) is 48.5 Å². The van der Waals surface area contributed by atoms with E-state index in [0.29, 0.717) is 29.4 Å². The number of hydrogen-bond donors (Lipinski definition) is 1. The van der Waals surface area contributed by atoms with Gasteiger partial charge >= 0.3 is 0 Å². The van der Waals surface area contributed by atoms with Gasteiger partial charge in [0.05, 0.1) is 24.8 Å². The zero-order valence-corrected chi connectivity index (χ0v) is 15.6. The molecule has 0 radical (unpaired) electrons. The Morgan fingerprint density at radius 1 is 1.00 bits per heavy atom. The van der Waals surface area contributed by atoms with Crippen molar-refractivity contribution in [2.75, 3.05) is 5.32 Å². The number of rotatable bonds is 6. The summed E-state index contributed by atoms with van der Waals surface area (Å²) in [7, 11) is 0. The molecule has 140 valence electrons. The fourth-order valence-electron chi connectivity index (χ4n) is 2.77. The van der Waals surface area contributed by atoms with E-state index >= 15 is 0 Å². The number of amides is 1. The molecule has 4 rings (SSSR count). The van der Waals surface area contributed by atoms with E-state index in [4.69, 9.17) is 11.6 Å². The van der Waals surface area contributed by atoms with Crippen LogP contribution in [0.2, 0.25) is 5.02 Å². The average Bonchev–Trinajstić information content (AvgIpc) is 3.37. The molecular formula is C20H17ClN6O. The molecule has 28 heavy (non-hydrogen) atoms. The third-order valence-electron chi connectivity index (χ3n) is 4.21. The van der Waals surface area contributed by atoms with Crippen LogP contribution in [0.5, 0.6) is 0 Å². The number of carbonyl (C=O) groups is 1. The van der Waals surface area contributed by atoms with Gasteiger partial charge in [-0.05, 0) is 29.3 Å². The first-order valence-electron chi connectivity index (χ1n) is 8.66. The first kappa shape index (κ1) is 17.9. The molecule has 2 aromatic heterocycles. The SMILES string of the molecule is O=C(Nc1ccc(Cn2cncn2)cc1)c1cnn(Cc2ccccc2Cl)c1. The monoisotopic (exact) mass is 392 g/mol. The molecule has 2 aromatic carbocycles. The van der Waals surface area contributed by atoms with E-state index in [1.54, 1.807) is 28.1 Å².